The van der Waals surface area contributed by atoms with Gasteiger partial charge in [0.15, 0.2) is 0 Å². The topological polar surface area (TPSA) is 79.4 Å². The molecule has 25 heavy (non-hydrogen) atoms. The summed E-state index contributed by atoms with van der Waals surface area (Å²) in [6, 6.07) is 5.48. The van der Waals surface area contributed by atoms with Crippen LogP contribution in [0.3, 0.4) is 0 Å². The number of aryl methyl sites for hydroxylation is 1. The van der Waals surface area contributed by atoms with Gasteiger partial charge in [-0.3, -0.25) is 19.3 Å². The number of allylic oxidation sites excluding steroid dienone is 2. The highest BCUT2D eigenvalue weighted by atomic mass is 32.1. The minimum atomic E-state index is -0.367. The number of nitrogens with zero attached hydrogens (tertiary/aromatic N) is 2. The smallest absolute Gasteiger partial charge is 0.244 e. The van der Waals surface area contributed by atoms with Crippen LogP contribution in [0, 0.1) is 18.8 Å². The lowest BCUT2D eigenvalue weighted by atomic mass is 9.85. The van der Waals surface area contributed by atoms with E-state index in [9.17, 15) is 14.4 Å². The lowest BCUT2D eigenvalue weighted by molar-refractivity contribution is -0.142. The molecule has 1 fully saturated rings. The summed E-state index contributed by atoms with van der Waals surface area (Å²) in [5.41, 5.74) is 1.53. The van der Waals surface area contributed by atoms with Gasteiger partial charge in [-0.2, -0.15) is 0 Å². The van der Waals surface area contributed by atoms with Gasteiger partial charge in [0, 0.05) is 5.69 Å². The molecule has 0 radical (unpaired) electrons. The van der Waals surface area contributed by atoms with Gasteiger partial charge in [-0.15, -0.1) is 11.3 Å². The Morgan fingerprint density at radius 1 is 1.24 bits per heavy atom. The third-order valence-corrected chi connectivity index (χ3v) is 5.61. The summed E-state index contributed by atoms with van der Waals surface area (Å²) >= 11 is 1.55. The largest absolute Gasteiger partial charge is 0.324 e. The predicted octanol–water partition coefficient (Wildman–Crippen LogP) is 2.49. The fraction of sp³-hybridized carbons (Fsp3) is 0.333. The van der Waals surface area contributed by atoms with Gasteiger partial charge in [0.05, 0.1) is 27.1 Å². The quantitative estimate of drug-likeness (QED) is 0.678. The van der Waals surface area contributed by atoms with Crippen LogP contribution in [0.15, 0.2) is 30.4 Å². The van der Waals surface area contributed by atoms with Crippen molar-refractivity contribution in [2.75, 3.05) is 11.9 Å². The molecular weight excluding hydrogens is 338 g/mol. The first-order chi connectivity index (χ1) is 12.0. The molecule has 2 aliphatic rings. The van der Waals surface area contributed by atoms with Crippen LogP contribution in [-0.4, -0.2) is 34.2 Å². The van der Waals surface area contributed by atoms with Gasteiger partial charge in [0.25, 0.3) is 0 Å². The number of imide groups is 1. The number of likely N-dealkylation sites (tertiary alicyclic amines) is 1. The maximum atomic E-state index is 12.4. The van der Waals surface area contributed by atoms with E-state index >= 15 is 0 Å². The summed E-state index contributed by atoms with van der Waals surface area (Å²) in [7, 11) is 0. The number of carbonyl (C=O) groups excluding carboxylic acids is 3. The van der Waals surface area contributed by atoms with Crippen molar-refractivity contribution >= 4 is 45.0 Å². The van der Waals surface area contributed by atoms with E-state index in [4.69, 9.17) is 0 Å². The highest BCUT2D eigenvalue weighted by Gasteiger charge is 2.47. The van der Waals surface area contributed by atoms with Crippen molar-refractivity contribution in [2.45, 2.75) is 19.8 Å². The Morgan fingerprint density at radius 3 is 2.60 bits per heavy atom. The Bertz CT molecular complexity index is 891. The molecule has 7 heteroatoms. The van der Waals surface area contributed by atoms with Gasteiger partial charge in [-0.25, -0.2) is 4.98 Å². The molecule has 2 atom stereocenters. The van der Waals surface area contributed by atoms with E-state index in [1.807, 2.05) is 31.2 Å². The molecule has 0 bridgehead atoms. The lowest BCUT2D eigenvalue weighted by Crippen LogP contribution is -2.38. The lowest BCUT2D eigenvalue weighted by Gasteiger charge is -2.14. The second-order valence-electron chi connectivity index (χ2n) is 6.38. The predicted molar refractivity (Wildman–Crippen MR) is 95.1 cm³/mol. The highest BCUT2D eigenvalue weighted by molar-refractivity contribution is 7.18. The van der Waals surface area contributed by atoms with Crippen LogP contribution in [0.5, 0.6) is 0 Å². The first kappa shape index (κ1) is 16.0. The number of benzene rings is 1. The van der Waals surface area contributed by atoms with Crippen LogP contribution < -0.4 is 5.32 Å². The van der Waals surface area contributed by atoms with Crippen molar-refractivity contribution < 1.29 is 14.4 Å². The fourth-order valence-corrected chi connectivity index (χ4v) is 4.35. The highest BCUT2D eigenvalue weighted by Crippen LogP contribution is 2.35. The molecule has 1 aromatic carbocycles. The number of nitrogens with one attached hydrogen (secondary N) is 1. The number of anilines is 1. The maximum absolute atomic E-state index is 12.4. The molecule has 1 aliphatic heterocycles. The summed E-state index contributed by atoms with van der Waals surface area (Å²) < 4.78 is 0.987. The van der Waals surface area contributed by atoms with Crippen molar-refractivity contribution in [2.24, 2.45) is 11.8 Å². The molecule has 6 nitrogen and oxygen atoms in total. The molecule has 4 rings (SSSR count). The molecule has 128 valence electrons. The second kappa shape index (κ2) is 6.07. The Labute approximate surface area is 148 Å². The zero-order valence-corrected chi connectivity index (χ0v) is 14.5. The fourth-order valence-electron chi connectivity index (χ4n) is 3.49. The zero-order chi connectivity index (χ0) is 17.6. The van der Waals surface area contributed by atoms with E-state index in [0.29, 0.717) is 18.5 Å². The number of amides is 3. The van der Waals surface area contributed by atoms with Gasteiger partial charge in [-0.1, -0.05) is 12.2 Å². The molecule has 0 saturated carbocycles. The Morgan fingerprint density at radius 2 is 1.92 bits per heavy atom. The monoisotopic (exact) mass is 355 g/mol. The molecule has 0 spiro atoms. The number of hydrogen-bond acceptors (Lipinski definition) is 5. The molecule has 2 aromatic rings. The van der Waals surface area contributed by atoms with E-state index in [1.54, 1.807) is 17.4 Å². The molecule has 3 amide bonds. The molecule has 1 aliphatic carbocycles. The summed E-state index contributed by atoms with van der Waals surface area (Å²) in [6.45, 7) is 1.70. The first-order valence-corrected chi connectivity index (χ1v) is 9.02. The Balaban J connectivity index is 1.46. The number of rotatable bonds is 3. The normalized spacial score (nSPS) is 22.5. The minimum absolute atomic E-state index is 0.232. The van der Waals surface area contributed by atoms with Crippen molar-refractivity contribution in [1.82, 2.24) is 9.88 Å². The van der Waals surface area contributed by atoms with Crippen LogP contribution >= 0.6 is 11.3 Å². The van der Waals surface area contributed by atoms with Crippen molar-refractivity contribution in [3.8, 4) is 0 Å². The summed E-state index contributed by atoms with van der Waals surface area (Å²) in [5.74, 6) is -1.44. The van der Waals surface area contributed by atoms with Crippen LogP contribution in [0.25, 0.3) is 10.2 Å². The zero-order valence-electron chi connectivity index (χ0n) is 13.7. The summed E-state index contributed by atoms with van der Waals surface area (Å²) in [6.07, 6.45) is 5.02. The number of hydrogen-bond donors (Lipinski definition) is 1. The van der Waals surface area contributed by atoms with Crippen molar-refractivity contribution in [3.63, 3.8) is 0 Å². The average molecular weight is 355 g/mol. The molecular formula is C18H17N3O3S. The molecule has 1 N–H and O–H groups in total. The van der Waals surface area contributed by atoms with Crippen LogP contribution in [-0.2, 0) is 14.4 Å². The molecule has 2 heterocycles. The number of carbonyl (C=O) groups is 3. The minimum Gasteiger partial charge on any atom is -0.324 e. The molecule has 1 aromatic heterocycles. The van der Waals surface area contributed by atoms with Crippen molar-refractivity contribution in [3.05, 3.63) is 35.4 Å². The Hall–Kier alpha value is -2.54. The summed E-state index contributed by atoms with van der Waals surface area (Å²) in [5, 5.41) is 3.73. The number of fused-ring (bicyclic) bond motifs is 2. The van der Waals surface area contributed by atoms with E-state index in [0.717, 1.165) is 20.1 Å². The first-order valence-electron chi connectivity index (χ1n) is 8.20. The SMILES string of the molecule is Cc1nc2ccc(NC(=O)CN3C(=O)[C@H]4CC=CC[C@@H]4C3=O)cc2s1. The van der Waals surface area contributed by atoms with Gasteiger partial charge in [0.2, 0.25) is 17.7 Å². The number of aromatic nitrogens is 1. The van der Waals surface area contributed by atoms with Crippen LogP contribution in [0.2, 0.25) is 0 Å². The number of thiazole rings is 1. The average Bonchev–Trinajstić information content (AvgIpc) is 3.07. The summed E-state index contributed by atoms with van der Waals surface area (Å²) in [4.78, 5) is 42.6. The molecule has 0 unspecified atom stereocenters. The third kappa shape index (κ3) is 2.84. The second-order valence-corrected chi connectivity index (χ2v) is 7.62. The van der Waals surface area contributed by atoms with Gasteiger partial charge in [0.1, 0.15) is 6.54 Å². The Kier molecular flexibility index (Phi) is 3.88. The van der Waals surface area contributed by atoms with Crippen LogP contribution in [0.4, 0.5) is 5.69 Å². The van der Waals surface area contributed by atoms with Gasteiger partial charge >= 0.3 is 0 Å². The third-order valence-electron chi connectivity index (χ3n) is 4.68. The van der Waals surface area contributed by atoms with E-state index in [1.165, 1.54) is 0 Å². The van der Waals surface area contributed by atoms with Crippen molar-refractivity contribution in [1.29, 1.82) is 0 Å². The maximum Gasteiger partial charge on any atom is 0.244 e. The van der Waals surface area contributed by atoms with E-state index in [-0.39, 0.29) is 36.1 Å². The van der Waals surface area contributed by atoms with E-state index < -0.39 is 0 Å². The van der Waals surface area contributed by atoms with Gasteiger partial charge < -0.3 is 5.32 Å². The van der Waals surface area contributed by atoms with E-state index in [2.05, 4.69) is 10.3 Å². The standard InChI is InChI=1S/C18H17N3O3S/c1-10-19-14-7-6-11(8-15(14)25-10)20-16(22)9-21-17(23)12-4-2-3-5-13(12)18(21)24/h2-3,6-8,12-13H,4-5,9H2,1H3,(H,20,22)/t12-,13-/m0/s1. The van der Waals surface area contributed by atoms with Crippen LogP contribution in [0.1, 0.15) is 17.8 Å². The van der Waals surface area contributed by atoms with Gasteiger partial charge in [-0.05, 0) is 38.0 Å². The molecule has 1 saturated heterocycles.